The van der Waals surface area contributed by atoms with Crippen molar-refractivity contribution in [3.8, 4) is 5.88 Å². The van der Waals surface area contributed by atoms with E-state index in [0.29, 0.717) is 18.2 Å². The predicted octanol–water partition coefficient (Wildman–Crippen LogP) is 3.16. The maximum atomic E-state index is 12.7. The van der Waals surface area contributed by atoms with Crippen molar-refractivity contribution in [2.24, 2.45) is 0 Å². The van der Waals surface area contributed by atoms with Crippen molar-refractivity contribution < 1.29 is 14.3 Å². The van der Waals surface area contributed by atoms with E-state index in [0.717, 1.165) is 32.1 Å². The van der Waals surface area contributed by atoms with E-state index in [1.54, 1.807) is 25.4 Å². The number of carbonyl (C=O) groups excluding carboxylic acids is 1. The van der Waals surface area contributed by atoms with Crippen LogP contribution < -0.4 is 10.1 Å². The molecule has 1 aromatic heterocycles. The third-order valence-electron chi connectivity index (χ3n) is 3.86. The van der Waals surface area contributed by atoms with Gasteiger partial charge in [-0.2, -0.15) is 0 Å². The lowest BCUT2D eigenvalue weighted by molar-refractivity contribution is -0.146. The highest BCUT2D eigenvalue weighted by Crippen LogP contribution is 2.33. The number of nitrogens with zero attached hydrogens (tertiary/aromatic N) is 1. The zero-order valence-electron chi connectivity index (χ0n) is 12.9. The van der Waals surface area contributed by atoms with E-state index >= 15 is 0 Å². The number of anilines is 1. The summed E-state index contributed by atoms with van der Waals surface area (Å²) >= 11 is 0. The zero-order chi connectivity index (χ0) is 15.1. The molecule has 0 aromatic carbocycles. The monoisotopic (exact) mass is 292 g/mol. The van der Waals surface area contributed by atoms with Crippen molar-refractivity contribution in [2.45, 2.75) is 51.0 Å². The molecule has 1 saturated carbocycles. The third kappa shape index (κ3) is 3.94. The molecule has 0 unspecified atom stereocenters. The number of nitrogens with one attached hydrogen (secondary N) is 1. The first-order valence-corrected chi connectivity index (χ1v) is 7.65. The number of ether oxygens (including phenoxy) is 2. The zero-order valence-corrected chi connectivity index (χ0v) is 12.9. The minimum absolute atomic E-state index is 0.0531. The first-order valence-electron chi connectivity index (χ1n) is 7.65. The highest BCUT2D eigenvalue weighted by Gasteiger charge is 2.40. The Bertz CT molecular complexity index is 453. The van der Waals surface area contributed by atoms with Gasteiger partial charge in [0.05, 0.1) is 19.0 Å². The maximum absolute atomic E-state index is 12.7. The molecule has 1 fully saturated rings. The molecule has 0 saturated heterocycles. The van der Waals surface area contributed by atoms with Crippen LogP contribution in [0.5, 0.6) is 5.88 Å². The molecular weight excluding hydrogens is 268 g/mol. The summed E-state index contributed by atoms with van der Waals surface area (Å²) in [4.78, 5) is 16.8. The van der Waals surface area contributed by atoms with E-state index < -0.39 is 5.60 Å². The molecule has 5 heteroatoms. The number of methoxy groups -OCH3 is 1. The molecule has 0 aliphatic heterocycles. The van der Waals surface area contributed by atoms with Crippen molar-refractivity contribution in [1.29, 1.82) is 0 Å². The Morgan fingerprint density at radius 3 is 2.67 bits per heavy atom. The van der Waals surface area contributed by atoms with Crippen LogP contribution in [0.2, 0.25) is 0 Å². The van der Waals surface area contributed by atoms with Gasteiger partial charge in [-0.25, -0.2) is 4.98 Å². The van der Waals surface area contributed by atoms with Gasteiger partial charge in [0.2, 0.25) is 5.88 Å². The molecule has 1 aromatic rings. The van der Waals surface area contributed by atoms with Crippen molar-refractivity contribution >= 4 is 11.6 Å². The molecule has 0 spiro atoms. The molecule has 2 rings (SSSR count). The molecule has 5 nitrogen and oxygen atoms in total. The Hall–Kier alpha value is -1.62. The summed E-state index contributed by atoms with van der Waals surface area (Å²) in [5.41, 5.74) is -0.000352. The van der Waals surface area contributed by atoms with Gasteiger partial charge in [0, 0.05) is 12.7 Å². The van der Waals surface area contributed by atoms with Crippen LogP contribution >= 0.6 is 0 Å². The number of amides is 1. The number of aromatic nitrogens is 1. The Labute approximate surface area is 126 Å². The first-order chi connectivity index (χ1) is 10.2. The second kappa shape index (κ2) is 7.41. The van der Waals surface area contributed by atoms with Crippen molar-refractivity contribution in [2.75, 3.05) is 19.0 Å². The van der Waals surface area contributed by atoms with Crippen molar-refractivity contribution in [3.05, 3.63) is 18.3 Å². The predicted molar refractivity (Wildman–Crippen MR) is 81.5 cm³/mol. The summed E-state index contributed by atoms with van der Waals surface area (Å²) in [6.45, 7) is 2.68. The molecule has 116 valence electrons. The van der Waals surface area contributed by atoms with E-state index in [2.05, 4.69) is 17.2 Å². The lowest BCUT2D eigenvalue weighted by atomic mass is 9.83. The van der Waals surface area contributed by atoms with Crippen LogP contribution in [0.1, 0.15) is 45.4 Å². The van der Waals surface area contributed by atoms with Crippen LogP contribution in [-0.2, 0) is 9.53 Å². The molecule has 0 atom stereocenters. The van der Waals surface area contributed by atoms with Gasteiger partial charge in [-0.05, 0) is 25.3 Å². The summed E-state index contributed by atoms with van der Waals surface area (Å²) < 4.78 is 11.0. The highest BCUT2D eigenvalue weighted by atomic mass is 16.5. The Morgan fingerprint density at radius 1 is 1.33 bits per heavy atom. The Kier molecular flexibility index (Phi) is 5.56. The molecule has 0 bridgehead atoms. The minimum Gasteiger partial charge on any atom is -0.481 e. The van der Waals surface area contributed by atoms with Gasteiger partial charge in [-0.15, -0.1) is 0 Å². The van der Waals surface area contributed by atoms with Gasteiger partial charge in [0.1, 0.15) is 5.60 Å². The summed E-state index contributed by atoms with van der Waals surface area (Å²) in [5, 5.41) is 2.93. The minimum atomic E-state index is -0.672. The van der Waals surface area contributed by atoms with Gasteiger partial charge in [-0.1, -0.05) is 26.2 Å². The van der Waals surface area contributed by atoms with Gasteiger partial charge in [-0.3, -0.25) is 4.79 Å². The van der Waals surface area contributed by atoms with E-state index in [1.165, 1.54) is 6.42 Å². The molecule has 1 N–H and O–H groups in total. The SMILES string of the molecule is CCCOC1(C(=O)Nc2ccc(OC)nc2)CCCCC1. The van der Waals surface area contributed by atoms with Gasteiger partial charge in [0.25, 0.3) is 5.91 Å². The van der Waals surface area contributed by atoms with Crippen LogP contribution in [-0.4, -0.2) is 30.2 Å². The second-order valence-corrected chi connectivity index (χ2v) is 5.45. The van der Waals surface area contributed by atoms with Crippen molar-refractivity contribution in [1.82, 2.24) is 4.98 Å². The van der Waals surface area contributed by atoms with Gasteiger partial charge in [0.15, 0.2) is 0 Å². The van der Waals surface area contributed by atoms with Crippen LogP contribution in [0, 0.1) is 0 Å². The third-order valence-corrected chi connectivity index (χ3v) is 3.86. The lowest BCUT2D eigenvalue weighted by Gasteiger charge is -2.35. The molecule has 1 aliphatic rings. The molecule has 21 heavy (non-hydrogen) atoms. The van der Waals surface area contributed by atoms with E-state index in [9.17, 15) is 4.79 Å². The van der Waals surface area contributed by atoms with Crippen LogP contribution in [0.3, 0.4) is 0 Å². The largest absolute Gasteiger partial charge is 0.481 e. The van der Waals surface area contributed by atoms with Crippen LogP contribution in [0.4, 0.5) is 5.69 Å². The highest BCUT2D eigenvalue weighted by molar-refractivity contribution is 5.97. The fourth-order valence-electron chi connectivity index (χ4n) is 2.68. The van der Waals surface area contributed by atoms with Crippen LogP contribution in [0.15, 0.2) is 18.3 Å². The van der Waals surface area contributed by atoms with E-state index in [-0.39, 0.29) is 5.91 Å². The number of pyridine rings is 1. The number of rotatable bonds is 6. The topological polar surface area (TPSA) is 60.5 Å². The quantitative estimate of drug-likeness (QED) is 0.875. The number of hydrogen-bond donors (Lipinski definition) is 1. The maximum Gasteiger partial charge on any atom is 0.256 e. The number of hydrogen-bond acceptors (Lipinski definition) is 4. The average Bonchev–Trinajstić information content (AvgIpc) is 2.54. The Morgan fingerprint density at radius 2 is 2.10 bits per heavy atom. The van der Waals surface area contributed by atoms with Crippen LogP contribution in [0.25, 0.3) is 0 Å². The lowest BCUT2D eigenvalue weighted by Crippen LogP contribution is -2.47. The van der Waals surface area contributed by atoms with Gasteiger partial charge >= 0.3 is 0 Å². The second-order valence-electron chi connectivity index (χ2n) is 5.45. The van der Waals surface area contributed by atoms with Gasteiger partial charge < -0.3 is 14.8 Å². The molecule has 0 radical (unpaired) electrons. The standard InChI is InChI=1S/C16H24N2O3/c1-3-11-21-16(9-5-4-6-10-16)15(19)18-13-7-8-14(20-2)17-12-13/h7-8,12H,3-6,9-11H2,1-2H3,(H,18,19). The smallest absolute Gasteiger partial charge is 0.256 e. The summed E-state index contributed by atoms with van der Waals surface area (Å²) in [6, 6.07) is 3.52. The van der Waals surface area contributed by atoms with Crippen molar-refractivity contribution in [3.63, 3.8) is 0 Å². The Balaban J connectivity index is 2.06. The summed E-state index contributed by atoms with van der Waals surface area (Å²) in [6.07, 6.45) is 7.36. The summed E-state index contributed by atoms with van der Waals surface area (Å²) in [5.74, 6) is 0.477. The summed E-state index contributed by atoms with van der Waals surface area (Å²) in [7, 11) is 1.57. The number of carbonyl (C=O) groups is 1. The molecule has 1 heterocycles. The molecular formula is C16H24N2O3. The average molecular weight is 292 g/mol. The van der Waals surface area contributed by atoms with E-state index in [1.807, 2.05) is 0 Å². The normalized spacial score (nSPS) is 17.2. The fourth-order valence-corrected chi connectivity index (χ4v) is 2.68. The molecule has 1 aliphatic carbocycles. The fraction of sp³-hybridized carbons (Fsp3) is 0.625. The van der Waals surface area contributed by atoms with E-state index in [4.69, 9.17) is 9.47 Å². The molecule has 1 amide bonds. The first kappa shape index (κ1) is 15.8.